The summed E-state index contributed by atoms with van der Waals surface area (Å²) in [7, 11) is 0. The molecule has 0 unspecified atom stereocenters. The zero-order valence-corrected chi connectivity index (χ0v) is 13.1. The van der Waals surface area contributed by atoms with Crippen molar-refractivity contribution in [3.8, 4) is 0 Å². The molecular weight excluding hydrogens is 292 g/mol. The van der Waals surface area contributed by atoms with Crippen molar-refractivity contribution in [3.05, 3.63) is 42.0 Å². The van der Waals surface area contributed by atoms with E-state index in [1.54, 1.807) is 6.20 Å². The van der Waals surface area contributed by atoms with Crippen LogP contribution in [0.1, 0.15) is 36.6 Å². The van der Waals surface area contributed by atoms with Gasteiger partial charge in [0.25, 0.3) is 0 Å². The van der Waals surface area contributed by atoms with E-state index in [2.05, 4.69) is 25.6 Å². The quantitative estimate of drug-likeness (QED) is 0.775. The summed E-state index contributed by atoms with van der Waals surface area (Å²) in [4.78, 5) is 4.39. The summed E-state index contributed by atoms with van der Waals surface area (Å²) in [6.07, 6.45) is 10.1. The molecule has 23 heavy (non-hydrogen) atoms. The summed E-state index contributed by atoms with van der Waals surface area (Å²) in [6, 6.07) is 2.44. The van der Waals surface area contributed by atoms with Crippen LogP contribution < -0.4 is 5.32 Å². The number of rotatable bonds is 5. The standard InChI is InChI=1S/C16H20N6O/c1-11-20-21-16(23-11)7-12-2-3-14(6-12)17-8-13-9-18-15-4-5-19-22(15)10-13/h4-5,9-10,12,14,17H,2-3,6-8H2,1H3/t12-,14+/m1/s1. The van der Waals surface area contributed by atoms with Crippen molar-refractivity contribution < 1.29 is 4.42 Å². The molecule has 1 aliphatic rings. The largest absolute Gasteiger partial charge is 0.426 e. The Morgan fingerprint density at radius 1 is 1.35 bits per heavy atom. The first-order chi connectivity index (χ1) is 11.3. The van der Waals surface area contributed by atoms with E-state index in [1.165, 1.54) is 12.8 Å². The van der Waals surface area contributed by atoms with Crippen LogP contribution in [0, 0.1) is 12.8 Å². The number of hydrogen-bond acceptors (Lipinski definition) is 6. The van der Waals surface area contributed by atoms with Crippen molar-refractivity contribution in [2.24, 2.45) is 5.92 Å². The molecule has 0 spiro atoms. The topological polar surface area (TPSA) is 81.1 Å². The Morgan fingerprint density at radius 2 is 2.30 bits per heavy atom. The normalized spacial score (nSPS) is 21.3. The predicted molar refractivity (Wildman–Crippen MR) is 83.7 cm³/mol. The van der Waals surface area contributed by atoms with Crippen LogP contribution in [-0.4, -0.2) is 30.8 Å². The Kier molecular flexibility index (Phi) is 3.78. The number of fused-ring (bicyclic) bond motifs is 1. The van der Waals surface area contributed by atoms with E-state index in [9.17, 15) is 0 Å². The van der Waals surface area contributed by atoms with Crippen LogP contribution >= 0.6 is 0 Å². The molecule has 1 aliphatic carbocycles. The molecule has 0 amide bonds. The lowest BCUT2D eigenvalue weighted by atomic mass is 10.0. The minimum absolute atomic E-state index is 0.539. The molecule has 120 valence electrons. The fourth-order valence-electron chi connectivity index (χ4n) is 3.31. The third kappa shape index (κ3) is 3.24. The molecule has 0 aromatic carbocycles. The van der Waals surface area contributed by atoms with Gasteiger partial charge in [0.2, 0.25) is 11.8 Å². The summed E-state index contributed by atoms with van der Waals surface area (Å²) < 4.78 is 7.29. The first-order valence-electron chi connectivity index (χ1n) is 8.07. The molecule has 2 atom stereocenters. The van der Waals surface area contributed by atoms with Crippen molar-refractivity contribution in [2.45, 2.75) is 45.2 Å². The average Bonchev–Trinajstić information content (AvgIpc) is 3.26. The molecule has 1 N–H and O–H groups in total. The van der Waals surface area contributed by atoms with Gasteiger partial charge in [0.15, 0.2) is 5.65 Å². The van der Waals surface area contributed by atoms with Crippen LogP contribution in [0.4, 0.5) is 0 Å². The molecule has 3 aromatic heterocycles. The zero-order chi connectivity index (χ0) is 15.6. The van der Waals surface area contributed by atoms with Gasteiger partial charge in [-0.25, -0.2) is 9.50 Å². The number of aromatic nitrogens is 5. The van der Waals surface area contributed by atoms with Crippen LogP contribution in [-0.2, 0) is 13.0 Å². The second-order valence-electron chi connectivity index (χ2n) is 6.27. The van der Waals surface area contributed by atoms with Crippen LogP contribution in [0.25, 0.3) is 5.65 Å². The summed E-state index contributed by atoms with van der Waals surface area (Å²) in [5, 5.41) is 15.8. The third-order valence-corrected chi connectivity index (χ3v) is 4.47. The lowest BCUT2D eigenvalue weighted by molar-refractivity contribution is 0.409. The Morgan fingerprint density at radius 3 is 3.17 bits per heavy atom. The molecule has 7 heteroatoms. The Bertz CT molecular complexity index is 795. The second kappa shape index (κ2) is 6.08. The minimum atomic E-state index is 0.539. The molecule has 4 rings (SSSR count). The highest BCUT2D eigenvalue weighted by molar-refractivity contribution is 5.35. The fourth-order valence-corrected chi connectivity index (χ4v) is 3.31. The monoisotopic (exact) mass is 312 g/mol. The highest BCUT2D eigenvalue weighted by Gasteiger charge is 2.26. The minimum Gasteiger partial charge on any atom is -0.426 e. The summed E-state index contributed by atoms with van der Waals surface area (Å²) in [6.45, 7) is 2.65. The van der Waals surface area contributed by atoms with Gasteiger partial charge in [0, 0.05) is 50.0 Å². The molecule has 3 aromatic rings. The van der Waals surface area contributed by atoms with Gasteiger partial charge in [-0.3, -0.25) is 0 Å². The van der Waals surface area contributed by atoms with Crippen LogP contribution in [0.3, 0.4) is 0 Å². The molecule has 0 bridgehead atoms. The van der Waals surface area contributed by atoms with E-state index in [0.717, 1.165) is 36.5 Å². The molecule has 1 saturated carbocycles. The number of nitrogens with zero attached hydrogens (tertiary/aromatic N) is 5. The van der Waals surface area contributed by atoms with E-state index in [4.69, 9.17) is 4.42 Å². The predicted octanol–water partition coefficient (Wildman–Crippen LogP) is 1.92. The number of aryl methyl sites for hydroxylation is 1. The van der Waals surface area contributed by atoms with Gasteiger partial charge in [-0.05, 0) is 25.2 Å². The van der Waals surface area contributed by atoms with Crippen LogP contribution in [0.15, 0.2) is 29.1 Å². The zero-order valence-electron chi connectivity index (χ0n) is 13.1. The highest BCUT2D eigenvalue weighted by Crippen LogP contribution is 2.28. The second-order valence-corrected chi connectivity index (χ2v) is 6.27. The van der Waals surface area contributed by atoms with E-state index in [0.29, 0.717) is 17.9 Å². The van der Waals surface area contributed by atoms with Gasteiger partial charge in [-0.2, -0.15) is 5.10 Å². The Labute approximate surface area is 134 Å². The van der Waals surface area contributed by atoms with E-state index < -0.39 is 0 Å². The average molecular weight is 312 g/mol. The van der Waals surface area contributed by atoms with Gasteiger partial charge >= 0.3 is 0 Å². The van der Waals surface area contributed by atoms with Gasteiger partial charge in [-0.15, -0.1) is 10.2 Å². The van der Waals surface area contributed by atoms with Gasteiger partial charge in [-0.1, -0.05) is 0 Å². The van der Waals surface area contributed by atoms with Crippen LogP contribution in [0.5, 0.6) is 0 Å². The van der Waals surface area contributed by atoms with E-state index in [-0.39, 0.29) is 0 Å². The van der Waals surface area contributed by atoms with Crippen molar-refractivity contribution in [3.63, 3.8) is 0 Å². The smallest absolute Gasteiger partial charge is 0.216 e. The summed E-state index contributed by atoms with van der Waals surface area (Å²) >= 11 is 0. The van der Waals surface area contributed by atoms with Gasteiger partial charge in [0.1, 0.15) is 0 Å². The third-order valence-electron chi connectivity index (χ3n) is 4.47. The van der Waals surface area contributed by atoms with Crippen LogP contribution in [0.2, 0.25) is 0 Å². The maximum Gasteiger partial charge on any atom is 0.216 e. The molecule has 7 nitrogen and oxygen atoms in total. The Hall–Kier alpha value is -2.28. The Balaban J connectivity index is 1.30. The molecule has 0 saturated heterocycles. The highest BCUT2D eigenvalue weighted by atomic mass is 16.4. The van der Waals surface area contributed by atoms with Crippen molar-refractivity contribution in [2.75, 3.05) is 0 Å². The maximum atomic E-state index is 5.48. The summed E-state index contributed by atoms with van der Waals surface area (Å²) in [5.74, 6) is 2.04. The number of nitrogens with one attached hydrogen (secondary N) is 1. The van der Waals surface area contributed by atoms with E-state index >= 15 is 0 Å². The molecule has 3 heterocycles. The SMILES string of the molecule is Cc1nnc(C[C@@H]2CC[C@H](NCc3cnc4ccnn4c3)C2)o1. The lowest BCUT2D eigenvalue weighted by Crippen LogP contribution is -2.26. The molecule has 0 radical (unpaired) electrons. The first kappa shape index (κ1) is 14.3. The molecular formula is C16H20N6O. The molecule has 0 aliphatic heterocycles. The van der Waals surface area contributed by atoms with Gasteiger partial charge < -0.3 is 9.73 Å². The first-order valence-corrected chi connectivity index (χ1v) is 8.07. The summed E-state index contributed by atoms with van der Waals surface area (Å²) in [5.41, 5.74) is 2.03. The van der Waals surface area contributed by atoms with E-state index in [1.807, 2.05) is 29.9 Å². The van der Waals surface area contributed by atoms with Crippen molar-refractivity contribution in [1.29, 1.82) is 0 Å². The lowest BCUT2D eigenvalue weighted by Gasteiger charge is -2.12. The van der Waals surface area contributed by atoms with Crippen molar-refractivity contribution >= 4 is 5.65 Å². The van der Waals surface area contributed by atoms with Crippen molar-refractivity contribution in [1.82, 2.24) is 30.1 Å². The van der Waals surface area contributed by atoms with Gasteiger partial charge in [0.05, 0.1) is 6.20 Å². The maximum absolute atomic E-state index is 5.48. The molecule has 1 fully saturated rings. The fraction of sp³-hybridized carbons (Fsp3) is 0.500. The number of hydrogen-bond donors (Lipinski definition) is 1.